The van der Waals surface area contributed by atoms with E-state index in [9.17, 15) is 28.2 Å². The lowest BCUT2D eigenvalue weighted by atomic mass is 9.63. The van der Waals surface area contributed by atoms with Gasteiger partial charge in [0, 0.05) is 17.0 Å². The molecule has 3 aromatic rings. The van der Waals surface area contributed by atoms with Gasteiger partial charge < -0.3 is 15.6 Å². The van der Waals surface area contributed by atoms with Gasteiger partial charge in [-0.25, -0.2) is 4.68 Å². The van der Waals surface area contributed by atoms with Crippen molar-refractivity contribution in [2.24, 2.45) is 0 Å². The second-order valence-electron chi connectivity index (χ2n) is 8.35. The van der Waals surface area contributed by atoms with Crippen molar-refractivity contribution in [1.29, 1.82) is 0 Å². The van der Waals surface area contributed by atoms with Crippen LogP contribution in [0.1, 0.15) is 37.4 Å². The van der Waals surface area contributed by atoms with Crippen molar-refractivity contribution in [2.45, 2.75) is 43.5 Å². The first-order valence-corrected chi connectivity index (χ1v) is 9.44. The maximum atomic E-state index is 14.2. The SMILES string of the molecule is CC1(C)CC(O)(C(F)(F)F)C(Nn2c(=O)ccc3ccccc32)c2cccc(O)c21. The number of phenolic OH excluding ortho intramolecular Hbond substituents is 1. The van der Waals surface area contributed by atoms with Gasteiger partial charge in [0.25, 0.3) is 5.56 Å². The van der Waals surface area contributed by atoms with Gasteiger partial charge in [0.05, 0.1) is 5.52 Å². The first-order chi connectivity index (χ1) is 14.0. The summed E-state index contributed by atoms with van der Waals surface area (Å²) in [6.07, 6.45) is -5.68. The number of aliphatic hydroxyl groups is 1. The van der Waals surface area contributed by atoms with E-state index in [1.165, 1.54) is 24.3 Å². The number of para-hydroxylation sites is 1. The molecule has 2 atom stereocenters. The van der Waals surface area contributed by atoms with Gasteiger partial charge in [0.2, 0.25) is 0 Å². The Morgan fingerprint density at radius 1 is 1.07 bits per heavy atom. The number of alkyl halides is 3. The molecule has 2 unspecified atom stereocenters. The zero-order valence-corrected chi connectivity index (χ0v) is 16.4. The molecule has 0 spiro atoms. The van der Waals surface area contributed by atoms with Crippen LogP contribution >= 0.6 is 0 Å². The number of halogens is 3. The Morgan fingerprint density at radius 2 is 1.77 bits per heavy atom. The number of aromatic nitrogens is 1. The zero-order chi connectivity index (χ0) is 21.9. The van der Waals surface area contributed by atoms with Crippen LogP contribution in [0, 0.1) is 0 Å². The number of rotatable bonds is 2. The number of hydrogen-bond acceptors (Lipinski definition) is 4. The van der Waals surface area contributed by atoms with Crippen LogP contribution < -0.4 is 11.0 Å². The lowest BCUT2D eigenvalue weighted by Crippen LogP contribution is -2.60. The highest BCUT2D eigenvalue weighted by Crippen LogP contribution is 2.55. The molecule has 0 saturated carbocycles. The molecule has 1 aromatic heterocycles. The third-order valence-corrected chi connectivity index (χ3v) is 5.80. The van der Waals surface area contributed by atoms with Crippen molar-refractivity contribution in [3.63, 3.8) is 0 Å². The lowest BCUT2D eigenvalue weighted by Gasteiger charge is -2.49. The summed E-state index contributed by atoms with van der Waals surface area (Å²) in [6.45, 7) is 3.09. The number of pyridine rings is 1. The van der Waals surface area contributed by atoms with Crippen molar-refractivity contribution in [3.8, 4) is 5.75 Å². The molecule has 0 fully saturated rings. The minimum Gasteiger partial charge on any atom is -0.508 e. The molecule has 2 aromatic carbocycles. The highest BCUT2D eigenvalue weighted by atomic mass is 19.4. The minimum absolute atomic E-state index is 0.0888. The number of benzene rings is 2. The van der Waals surface area contributed by atoms with Gasteiger partial charge in [-0.3, -0.25) is 4.79 Å². The molecule has 0 aliphatic heterocycles. The van der Waals surface area contributed by atoms with Gasteiger partial charge in [-0.1, -0.05) is 44.2 Å². The molecule has 1 heterocycles. The molecule has 158 valence electrons. The fraction of sp³-hybridized carbons (Fsp3) is 0.318. The van der Waals surface area contributed by atoms with E-state index in [1.54, 1.807) is 44.2 Å². The highest BCUT2D eigenvalue weighted by molar-refractivity contribution is 5.79. The first-order valence-electron chi connectivity index (χ1n) is 9.44. The van der Waals surface area contributed by atoms with Crippen LogP contribution in [0.5, 0.6) is 5.75 Å². The van der Waals surface area contributed by atoms with Crippen LogP contribution in [0.2, 0.25) is 0 Å². The molecule has 1 aliphatic carbocycles. The Labute approximate surface area is 170 Å². The molecule has 8 heteroatoms. The van der Waals surface area contributed by atoms with E-state index in [0.717, 1.165) is 4.68 Å². The summed E-state index contributed by atoms with van der Waals surface area (Å²) in [6, 6.07) is 12.1. The average Bonchev–Trinajstić information content (AvgIpc) is 2.65. The Balaban J connectivity index is 1.98. The standard InChI is InChI=1S/C22H21F3N2O3/c1-20(2)12-21(30,22(23,24)25)19(14-7-5-9-16(28)18(14)20)26-27-15-8-4-3-6-13(15)10-11-17(27)29/h3-11,19,26,28,30H,12H2,1-2H3. The summed E-state index contributed by atoms with van der Waals surface area (Å²) in [4.78, 5) is 12.6. The number of phenols is 1. The fourth-order valence-corrected chi connectivity index (χ4v) is 4.55. The highest BCUT2D eigenvalue weighted by Gasteiger charge is 2.64. The van der Waals surface area contributed by atoms with E-state index in [0.29, 0.717) is 16.5 Å². The predicted molar refractivity (Wildman–Crippen MR) is 107 cm³/mol. The second kappa shape index (κ2) is 6.50. The molecule has 5 nitrogen and oxygen atoms in total. The molecule has 30 heavy (non-hydrogen) atoms. The van der Waals surface area contributed by atoms with E-state index in [1.807, 2.05) is 0 Å². The first kappa shape index (κ1) is 20.3. The second-order valence-corrected chi connectivity index (χ2v) is 8.35. The Kier molecular flexibility index (Phi) is 4.39. The van der Waals surface area contributed by atoms with Crippen LogP contribution in [-0.4, -0.2) is 26.7 Å². The average molecular weight is 418 g/mol. The molecule has 0 bridgehead atoms. The van der Waals surface area contributed by atoms with E-state index in [-0.39, 0.29) is 11.3 Å². The number of nitrogens with zero attached hydrogens (tertiary/aromatic N) is 1. The van der Waals surface area contributed by atoms with Gasteiger partial charge in [-0.15, -0.1) is 0 Å². The fourth-order valence-electron chi connectivity index (χ4n) is 4.55. The van der Waals surface area contributed by atoms with Gasteiger partial charge in [0.1, 0.15) is 11.8 Å². The molecule has 1 aliphatic rings. The maximum absolute atomic E-state index is 14.2. The molecule has 0 saturated heterocycles. The van der Waals surface area contributed by atoms with Gasteiger partial charge >= 0.3 is 6.18 Å². The van der Waals surface area contributed by atoms with Crippen molar-refractivity contribution in [1.82, 2.24) is 4.68 Å². The monoisotopic (exact) mass is 418 g/mol. The molecular weight excluding hydrogens is 397 g/mol. The van der Waals surface area contributed by atoms with Crippen LogP contribution in [0.4, 0.5) is 13.2 Å². The number of hydrogen-bond donors (Lipinski definition) is 3. The van der Waals surface area contributed by atoms with Crippen LogP contribution in [0.15, 0.2) is 59.4 Å². The number of fused-ring (bicyclic) bond motifs is 2. The summed E-state index contributed by atoms with van der Waals surface area (Å²) < 4.78 is 43.6. The van der Waals surface area contributed by atoms with Gasteiger partial charge in [-0.05, 0) is 35.6 Å². The maximum Gasteiger partial charge on any atom is 0.419 e. The molecular formula is C22H21F3N2O3. The van der Waals surface area contributed by atoms with Crippen molar-refractivity contribution < 1.29 is 23.4 Å². The smallest absolute Gasteiger partial charge is 0.419 e. The van der Waals surface area contributed by atoms with E-state index < -0.39 is 35.2 Å². The summed E-state index contributed by atoms with van der Waals surface area (Å²) in [7, 11) is 0. The van der Waals surface area contributed by atoms with Crippen LogP contribution in [-0.2, 0) is 5.41 Å². The molecule has 0 radical (unpaired) electrons. The van der Waals surface area contributed by atoms with Crippen molar-refractivity contribution in [3.05, 3.63) is 76.1 Å². The largest absolute Gasteiger partial charge is 0.508 e. The third kappa shape index (κ3) is 2.94. The van der Waals surface area contributed by atoms with E-state index in [4.69, 9.17) is 0 Å². The van der Waals surface area contributed by atoms with Gasteiger partial charge in [-0.2, -0.15) is 13.2 Å². The lowest BCUT2D eigenvalue weighted by molar-refractivity contribution is -0.276. The van der Waals surface area contributed by atoms with Crippen molar-refractivity contribution >= 4 is 10.9 Å². The van der Waals surface area contributed by atoms with Crippen molar-refractivity contribution in [2.75, 3.05) is 5.43 Å². The third-order valence-electron chi connectivity index (χ3n) is 5.80. The summed E-state index contributed by atoms with van der Waals surface area (Å²) in [5, 5.41) is 22.0. The van der Waals surface area contributed by atoms with Crippen LogP contribution in [0.3, 0.4) is 0 Å². The van der Waals surface area contributed by atoms with E-state index >= 15 is 0 Å². The molecule has 4 rings (SSSR count). The number of nitrogens with one attached hydrogen (secondary N) is 1. The molecule has 3 N–H and O–H groups in total. The normalized spacial score (nSPS) is 23.2. The Morgan fingerprint density at radius 3 is 2.47 bits per heavy atom. The van der Waals surface area contributed by atoms with Crippen LogP contribution in [0.25, 0.3) is 10.9 Å². The van der Waals surface area contributed by atoms with Gasteiger partial charge in [0.15, 0.2) is 5.60 Å². The Bertz CT molecular complexity index is 1190. The summed E-state index contributed by atoms with van der Waals surface area (Å²) in [5.74, 6) is -0.154. The summed E-state index contributed by atoms with van der Waals surface area (Å²) in [5.41, 5.74) is -1.49. The Hall–Kier alpha value is -3.00. The molecule has 0 amide bonds. The summed E-state index contributed by atoms with van der Waals surface area (Å²) >= 11 is 0. The predicted octanol–water partition coefficient (Wildman–Crippen LogP) is 3.97. The minimum atomic E-state index is -4.99. The quantitative estimate of drug-likeness (QED) is 0.589. The number of aromatic hydroxyl groups is 1. The van der Waals surface area contributed by atoms with E-state index in [2.05, 4.69) is 5.43 Å². The zero-order valence-electron chi connectivity index (χ0n) is 16.4. The topological polar surface area (TPSA) is 74.5 Å².